The molecule has 4 rings (SSSR count). The number of rotatable bonds is 6. The number of benzene rings is 2. The molecule has 0 atom stereocenters. The van der Waals surface area contributed by atoms with E-state index in [1.165, 1.54) is 4.90 Å². The maximum atomic E-state index is 11.6. The third kappa shape index (κ3) is 4.19. The fourth-order valence-electron chi connectivity index (χ4n) is 2.81. The second-order valence-electron chi connectivity index (χ2n) is 6.73. The van der Waals surface area contributed by atoms with E-state index >= 15 is 0 Å². The van der Waals surface area contributed by atoms with Gasteiger partial charge in [0.1, 0.15) is 5.75 Å². The minimum Gasteiger partial charge on any atom is -0.484 e. The fourth-order valence-corrected chi connectivity index (χ4v) is 2.81. The zero-order chi connectivity index (χ0) is 20.2. The molecule has 7 heteroatoms. The predicted octanol–water partition coefficient (Wildman–Crippen LogP) is 3.61. The minimum absolute atomic E-state index is 0.00908. The van der Waals surface area contributed by atoms with Crippen LogP contribution in [0.5, 0.6) is 5.75 Å². The van der Waals surface area contributed by atoms with E-state index in [2.05, 4.69) is 10.3 Å². The number of likely N-dealkylation sites (N-methyl/N-ethyl adjacent to an activating group) is 1. The molecule has 2 aromatic heterocycles. The molecule has 4 aromatic rings. The number of fused-ring (bicyclic) bond motifs is 1. The molecule has 0 unspecified atom stereocenters. The molecule has 1 amide bonds. The highest BCUT2D eigenvalue weighted by Gasteiger charge is 2.10. The van der Waals surface area contributed by atoms with Crippen molar-refractivity contribution in [2.45, 2.75) is 0 Å². The average Bonchev–Trinajstić information content (AvgIpc) is 3.22. The smallest absolute Gasteiger partial charge is 0.259 e. The van der Waals surface area contributed by atoms with E-state index in [0.717, 1.165) is 22.6 Å². The van der Waals surface area contributed by atoms with Crippen LogP contribution in [-0.2, 0) is 4.79 Å². The Bertz CT molecular complexity index is 1120. The average molecular weight is 387 g/mol. The molecule has 2 heterocycles. The van der Waals surface area contributed by atoms with Crippen LogP contribution in [0, 0.1) is 0 Å². The summed E-state index contributed by atoms with van der Waals surface area (Å²) >= 11 is 0. The van der Waals surface area contributed by atoms with Crippen molar-refractivity contribution in [3.8, 4) is 17.0 Å². The van der Waals surface area contributed by atoms with Crippen molar-refractivity contribution in [1.82, 2.24) is 19.3 Å². The topological polar surface area (TPSA) is 71.8 Å². The van der Waals surface area contributed by atoms with Crippen molar-refractivity contribution >= 4 is 23.1 Å². The van der Waals surface area contributed by atoms with Crippen LogP contribution < -0.4 is 10.1 Å². The van der Waals surface area contributed by atoms with E-state index in [9.17, 15) is 4.79 Å². The molecule has 2 aromatic carbocycles. The summed E-state index contributed by atoms with van der Waals surface area (Å²) in [5.74, 6) is 1.20. The van der Waals surface area contributed by atoms with E-state index < -0.39 is 0 Å². The minimum atomic E-state index is -0.0872. The second kappa shape index (κ2) is 8.02. The largest absolute Gasteiger partial charge is 0.484 e. The fraction of sp³-hybridized carbons (Fsp3) is 0.136. The lowest BCUT2D eigenvalue weighted by Gasteiger charge is -2.12. The quantitative estimate of drug-likeness (QED) is 0.547. The number of nitrogens with one attached hydrogen (secondary N) is 1. The van der Waals surface area contributed by atoms with E-state index in [0.29, 0.717) is 11.6 Å². The Morgan fingerprint density at radius 2 is 1.86 bits per heavy atom. The SMILES string of the molecule is CN(C)C(=O)COc1ccc(Nc2nc(-c3ccccc3)cn3ccnc23)cc1. The molecule has 1 N–H and O–H groups in total. The van der Waals surface area contributed by atoms with Gasteiger partial charge in [0, 0.05) is 43.9 Å². The summed E-state index contributed by atoms with van der Waals surface area (Å²) in [6, 6.07) is 17.4. The summed E-state index contributed by atoms with van der Waals surface area (Å²) in [5.41, 5.74) is 3.46. The highest BCUT2D eigenvalue weighted by atomic mass is 16.5. The summed E-state index contributed by atoms with van der Waals surface area (Å²) in [4.78, 5) is 22.3. The van der Waals surface area contributed by atoms with E-state index in [-0.39, 0.29) is 12.5 Å². The Kier molecular flexibility index (Phi) is 5.11. The van der Waals surface area contributed by atoms with Gasteiger partial charge in [0.2, 0.25) is 0 Å². The first-order chi connectivity index (χ1) is 14.1. The van der Waals surface area contributed by atoms with Gasteiger partial charge in [-0.15, -0.1) is 0 Å². The lowest BCUT2D eigenvalue weighted by molar-refractivity contribution is -0.130. The van der Waals surface area contributed by atoms with Crippen LogP contribution in [0.25, 0.3) is 16.9 Å². The van der Waals surface area contributed by atoms with Crippen LogP contribution in [0.4, 0.5) is 11.5 Å². The zero-order valence-electron chi connectivity index (χ0n) is 16.2. The Hall–Kier alpha value is -3.87. The summed E-state index contributed by atoms with van der Waals surface area (Å²) in [7, 11) is 3.40. The molecule has 7 nitrogen and oxygen atoms in total. The maximum absolute atomic E-state index is 11.6. The molecule has 0 fully saturated rings. The number of nitrogens with zero attached hydrogens (tertiary/aromatic N) is 4. The van der Waals surface area contributed by atoms with Crippen molar-refractivity contribution in [3.63, 3.8) is 0 Å². The normalized spacial score (nSPS) is 10.7. The third-order valence-corrected chi connectivity index (χ3v) is 4.42. The van der Waals surface area contributed by atoms with Gasteiger partial charge >= 0.3 is 0 Å². The monoisotopic (exact) mass is 387 g/mol. The Morgan fingerprint density at radius 1 is 1.10 bits per heavy atom. The molecular weight excluding hydrogens is 366 g/mol. The Balaban J connectivity index is 1.56. The molecular formula is C22H21N5O2. The first kappa shape index (κ1) is 18.5. The number of carbonyl (C=O) groups excluding carboxylic acids is 1. The standard InChI is InChI=1S/C22H21N5O2/c1-26(2)20(28)15-29-18-10-8-17(9-11-18)24-21-22-23-12-13-27(22)14-19(25-21)16-6-4-3-5-7-16/h3-14H,15H2,1-2H3,(H,24,25). The molecule has 29 heavy (non-hydrogen) atoms. The van der Waals surface area contributed by atoms with Gasteiger partial charge in [-0.3, -0.25) is 4.79 Å². The van der Waals surface area contributed by atoms with Crippen LogP contribution in [0.15, 0.2) is 73.2 Å². The van der Waals surface area contributed by atoms with Crippen molar-refractivity contribution in [3.05, 3.63) is 73.2 Å². The Morgan fingerprint density at radius 3 is 2.59 bits per heavy atom. The van der Waals surface area contributed by atoms with Crippen molar-refractivity contribution in [1.29, 1.82) is 0 Å². The van der Waals surface area contributed by atoms with Gasteiger partial charge < -0.3 is 19.4 Å². The molecule has 0 aliphatic rings. The number of ether oxygens (including phenoxy) is 1. The third-order valence-electron chi connectivity index (χ3n) is 4.42. The summed E-state index contributed by atoms with van der Waals surface area (Å²) in [5, 5.41) is 3.33. The number of imidazole rings is 1. The lowest BCUT2D eigenvalue weighted by Crippen LogP contribution is -2.27. The Labute approximate surface area is 168 Å². The van der Waals surface area contributed by atoms with E-state index in [1.807, 2.05) is 71.4 Å². The van der Waals surface area contributed by atoms with Gasteiger partial charge in [0.05, 0.1) is 5.69 Å². The van der Waals surface area contributed by atoms with Gasteiger partial charge in [0.25, 0.3) is 5.91 Å². The molecule has 0 radical (unpaired) electrons. The van der Waals surface area contributed by atoms with E-state index in [4.69, 9.17) is 9.72 Å². The molecule has 0 spiro atoms. The van der Waals surface area contributed by atoms with Gasteiger partial charge in [0.15, 0.2) is 18.1 Å². The number of hydrogen-bond acceptors (Lipinski definition) is 5. The number of amides is 1. The molecule has 0 aliphatic heterocycles. The first-order valence-electron chi connectivity index (χ1n) is 9.19. The summed E-state index contributed by atoms with van der Waals surface area (Å²) in [6.45, 7) is 0.00908. The maximum Gasteiger partial charge on any atom is 0.259 e. The van der Waals surface area contributed by atoms with Crippen molar-refractivity contribution in [2.24, 2.45) is 0 Å². The van der Waals surface area contributed by atoms with Gasteiger partial charge in [-0.25, -0.2) is 9.97 Å². The zero-order valence-corrected chi connectivity index (χ0v) is 16.2. The van der Waals surface area contributed by atoms with E-state index in [1.54, 1.807) is 20.3 Å². The number of anilines is 2. The summed E-state index contributed by atoms with van der Waals surface area (Å²) < 4.78 is 7.46. The molecule has 0 saturated heterocycles. The highest BCUT2D eigenvalue weighted by molar-refractivity contribution is 5.77. The van der Waals surface area contributed by atoms with Crippen LogP contribution in [0.2, 0.25) is 0 Å². The molecule has 0 saturated carbocycles. The first-order valence-corrected chi connectivity index (χ1v) is 9.19. The van der Waals surface area contributed by atoms with Crippen LogP contribution in [0.1, 0.15) is 0 Å². The van der Waals surface area contributed by atoms with Crippen molar-refractivity contribution < 1.29 is 9.53 Å². The number of carbonyl (C=O) groups is 1. The van der Waals surface area contributed by atoms with Gasteiger partial charge in [-0.2, -0.15) is 0 Å². The van der Waals surface area contributed by atoms with Crippen LogP contribution in [-0.4, -0.2) is 45.9 Å². The van der Waals surface area contributed by atoms with Gasteiger partial charge in [-0.1, -0.05) is 30.3 Å². The van der Waals surface area contributed by atoms with Crippen molar-refractivity contribution in [2.75, 3.05) is 26.0 Å². The highest BCUT2D eigenvalue weighted by Crippen LogP contribution is 2.25. The molecule has 0 aliphatic carbocycles. The number of aromatic nitrogens is 3. The predicted molar refractivity (Wildman–Crippen MR) is 112 cm³/mol. The molecule has 146 valence electrons. The number of hydrogen-bond donors (Lipinski definition) is 1. The summed E-state index contributed by atoms with van der Waals surface area (Å²) in [6.07, 6.45) is 5.60. The van der Waals surface area contributed by atoms with Gasteiger partial charge in [-0.05, 0) is 24.3 Å². The second-order valence-corrected chi connectivity index (χ2v) is 6.73. The lowest BCUT2D eigenvalue weighted by atomic mass is 10.2. The van der Waals surface area contributed by atoms with Crippen LogP contribution in [0.3, 0.4) is 0 Å². The molecule has 0 bridgehead atoms. The van der Waals surface area contributed by atoms with Crippen LogP contribution >= 0.6 is 0 Å².